The minimum Gasteiger partial charge on any atom is -0.394 e. The van der Waals surface area contributed by atoms with Crippen LogP contribution in [0.4, 0.5) is 0 Å². The smallest absolute Gasteiger partial charge is 0.132 e. The molecule has 0 aromatic heterocycles. The lowest BCUT2D eigenvalue weighted by molar-refractivity contribution is -0.240. The monoisotopic (exact) mass is 381 g/mol. The number of hydrogen-bond donors (Lipinski definition) is 6. The van der Waals surface area contributed by atoms with E-state index in [0.29, 0.717) is 6.54 Å². The quantitative estimate of drug-likeness (QED) is 0.197. The molecule has 2 rings (SSSR count). The number of hydrogen-bond acceptors (Lipinski definition) is 9. The van der Waals surface area contributed by atoms with E-state index in [1.165, 1.54) is 11.8 Å². The van der Waals surface area contributed by atoms with Crippen LogP contribution < -0.4 is 5.32 Å². The Labute approximate surface area is 152 Å². The average Bonchev–Trinajstić information content (AvgIpc) is 2.58. The van der Waals surface area contributed by atoms with Gasteiger partial charge in [0.15, 0.2) is 0 Å². The zero-order valence-corrected chi connectivity index (χ0v) is 15.6. The molecule has 0 bridgehead atoms. The first-order chi connectivity index (χ1) is 11.8. The van der Waals surface area contributed by atoms with Gasteiger partial charge in [-0.1, -0.05) is 13.8 Å². The summed E-state index contributed by atoms with van der Waals surface area (Å²) in [5, 5.41) is 51.4. The summed E-state index contributed by atoms with van der Waals surface area (Å²) >= 11 is 1.45. The van der Waals surface area contributed by atoms with Gasteiger partial charge < -0.3 is 30.5 Å². The van der Waals surface area contributed by atoms with E-state index in [4.69, 9.17) is 9.99 Å². The normalized spacial score (nSPS) is 41.6. The Kier molecular flexibility index (Phi) is 7.93. The van der Waals surface area contributed by atoms with Crippen molar-refractivity contribution >= 4 is 11.8 Å². The maximum absolute atomic E-state index is 10.3. The highest BCUT2D eigenvalue weighted by atomic mass is 32.2. The standard InChI is InChI=1S/C16H31NO7S/c1-16(2)4-3-9(17-5-6-23-22)7-11(16)25-15-14(21)13(20)12(19)10(8-18)24-15/h9-15,17-22H,3-8H2,1-2H3/t9?,10?,11?,12-,13?,14?,15-/m0/s1. The van der Waals surface area contributed by atoms with Crippen LogP contribution in [0.25, 0.3) is 0 Å². The van der Waals surface area contributed by atoms with Gasteiger partial charge in [0.05, 0.1) is 13.2 Å². The van der Waals surface area contributed by atoms with Gasteiger partial charge in [-0.2, -0.15) is 0 Å². The predicted octanol–water partition coefficient (Wildman–Crippen LogP) is -0.454. The highest BCUT2D eigenvalue weighted by Gasteiger charge is 2.47. The van der Waals surface area contributed by atoms with Crippen LogP contribution in [0.15, 0.2) is 0 Å². The lowest BCUT2D eigenvalue weighted by Crippen LogP contribution is -2.58. The topological polar surface area (TPSA) is 132 Å². The van der Waals surface area contributed by atoms with Crippen molar-refractivity contribution in [2.24, 2.45) is 5.41 Å². The molecule has 1 aliphatic carbocycles. The summed E-state index contributed by atoms with van der Waals surface area (Å²) in [6, 6.07) is 0.269. The van der Waals surface area contributed by atoms with Crippen molar-refractivity contribution in [1.82, 2.24) is 5.32 Å². The van der Waals surface area contributed by atoms with Crippen LogP contribution >= 0.6 is 11.8 Å². The van der Waals surface area contributed by atoms with Crippen molar-refractivity contribution in [2.75, 3.05) is 19.8 Å². The molecule has 5 unspecified atom stereocenters. The molecule has 1 aliphatic heterocycles. The van der Waals surface area contributed by atoms with Crippen LogP contribution in [-0.4, -0.2) is 86.6 Å². The maximum atomic E-state index is 10.3. The summed E-state index contributed by atoms with van der Waals surface area (Å²) in [6.45, 7) is 4.70. The van der Waals surface area contributed by atoms with Crippen molar-refractivity contribution in [3.05, 3.63) is 0 Å². The summed E-state index contributed by atoms with van der Waals surface area (Å²) in [5.74, 6) is 0. The third kappa shape index (κ3) is 5.27. The lowest BCUT2D eigenvalue weighted by atomic mass is 9.75. The van der Waals surface area contributed by atoms with E-state index >= 15 is 0 Å². The molecule has 7 atom stereocenters. The second-order valence-electron chi connectivity index (χ2n) is 7.57. The molecule has 1 saturated carbocycles. The number of nitrogens with one attached hydrogen (secondary N) is 1. The number of thioether (sulfide) groups is 1. The first kappa shape index (κ1) is 21.3. The maximum Gasteiger partial charge on any atom is 0.132 e. The molecule has 0 amide bonds. The Morgan fingerprint density at radius 2 is 1.92 bits per heavy atom. The van der Waals surface area contributed by atoms with E-state index in [9.17, 15) is 20.4 Å². The van der Waals surface area contributed by atoms with Crippen LogP contribution in [0.1, 0.15) is 33.1 Å². The third-order valence-electron chi connectivity index (χ3n) is 5.28. The Bertz CT molecular complexity index is 412. The zero-order chi connectivity index (χ0) is 18.6. The summed E-state index contributed by atoms with van der Waals surface area (Å²) in [4.78, 5) is 4.09. The van der Waals surface area contributed by atoms with E-state index in [2.05, 4.69) is 24.1 Å². The van der Waals surface area contributed by atoms with E-state index in [1.807, 2.05) is 0 Å². The fraction of sp³-hybridized carbons (Fsp3) is 1.00. The Morgan fingerprint density at radius 3 is 2.56 bits per heavy atom. The van der Waals surface area contributed by atoms with Gasteiger partial charge in [0, 0.05) is 17.8 Å². The van der Waals surface area contributed by atoms with Gasteiger partial charge in [-0.3, -0.25) is 5.26 Å². The number of rotatable bonds is 7. The molecule has 6 N–H and O–H groups in total. The van der Waals surface area contributed by atoms with Gasteiger partial charge in [0.1, 0.15) is 29.9 Å². The van der Waals surface area contributed by atoms with Crippen molar-refractivity contribution in [2.45, 2.75) is 74.3 Å². The number of ether oxygens (including phenoxy) is 1. The molecule has 0 radical (unpaired) electrons. The first-order valence-corrected chi connectivity index (χ1v) is 9.70. The summed E-state index contributed by atoms with van der Waals surface area (Å²) < 4.78 is 5.64. The molecular formula is C16H31NO7S. The molecule has 0 spiro atoms. The molecule has 1 heterocycles. The molecule has 1 saturated heterocycles. The fourth-order valence-electron chi connectivity index (χ4n) is 3.48. The van der Waals surface area contributed by atoms with Gasteiger partial charge in [-0.15, -0.1) is 11.8 Å². The Hall–Kier alpha value is 0.0300. The molecule has 25 heavy (non-hydrogen) atoms. The second-order valence-corrected chi connectivity index (χ2v) is 8.88. The highest BCUT2D eigenvalue weighted by molar-refractivity contribution is 8.00. The highest BCUT2D eigenvalue weighted by Crippen LogP contribution is 2.46. The molecule has 8 nitrogen and oxygen atoms in total. The average molecular weight is 381 g/mol. The fourth-order valence-corrected chi connectivity index (χ4v) is 5.16. The molecule has 9 heteroatoms. The predicted molar refractivity (Wildman–Crippen MR) is 93.1 cm³/mol. The van der Waals surface area contributed by atoms with Crippen LogP contribution in [0.5, 0.6) is 0 Å². The van der Waals surface area contributed by atoms with Gasteiger partial charge in [0.2, 0.25) is 0 Å². The van der Waals surface area contributed by atoms with Crippen LogP contribution in [-0.2, 0) is 9.62 Å². The third-order valence-corrected chi connectivity index (χ3v) is 7.10. The van der Waals surface area contributed by atoms with Crippen LogP contribution in [0, 0.1) is 5.41 Å². The second kappa shape index (κ2) is 9.29. The van der Waals surface area contributed by atoms with Gasteiger partial charge in [-0.05, 0) is 24.7 Å². The lowest BCUT2D eigenvalue weighted by Gasteiger charge is -2.46. The summed E-state index contributed by atoms with van der Waals surface area (Å²) in [7, 11) is 0. The number of aliphatic hydroxyl groups is 4. The van der Waals surface area contributed by atoms with Gasteiger partial charge >= 0.3 is 0 Å². The van der Waals surface area contributed by atoms with E-state index in [0.717, 1.165) is 19.3 Å². The minimum atomic E-state index is -1.34. The summed E-state index contributed by atoms with van der Waals surface area (Å²) in [6.07, 6.45) is -1.93. The Morgan fingerprint density at radius 1 is 1.20 bits per heavy atom. The van der Waals surface area contributed by atoms with Crippen molar-refractivity contribution in [3.63, 3.8) is 0 Å². The van der Waals surface area contributed by atoms with Crippen LogP contribution in [0.2, 0.25) is 0 Å². The van der Waals surface area contributed by atoms with Crippen molar-refractivity contribution in [1.29, 1.82) is 0 Å². The first-order valence-electron chi connectivity index (χ1n) is 8.76. The SMILES string of the molecule is CC1(C)CCC(NCCOO)CC1S[C@@H]1OC(CO)[C@H](O)C(O)C1O. The zero-order valence-electron chi connectivity index (χ0n) is 14.7. The molecule has 148 valence electrons. The van der Waals surface area contributed by atoms with Gasteiger partial charge in [-0.25, -0.2) is 4.89 Å². The Balaban J connectivity index is 1.99. The number of aliphatic hydroxyl groups excluding tert-OH is 4. The minimum absolute atomic E-state index is 0.0229. The molecule has 2 fully saturated rings. The van der Waals surface area contributed by atoms with E-state index in [1.54, 1.807) is 0 Å². The van der Waals surface area contributed by atoms with E-state index < -0.39 is 36.5 Å². The van der Waals surface area contributed by atoms with Crippen molar-refractivity contribution in [3.8, 4) is 0 Å². The molecule has 0 aromatic rings. The molecule has 0 aromatic carbocycles. The largest absolute Gasteiger partial charge is 0.394 e. The van der Waals surface area contributed by atoms with Gasteiger partial charge in [0.25, 0.3) is 0 Å². The van der Waals surface area contributed by atoms with Crippen molar-refractivity contribution < 1.29 is 35.3 Å². The summed E-state index contributed by atoms with van der Waals surface area (Å²) in [5.41, 5.74) is -0.686. The molecule has 2 aliphatic rings. The molecular weight excluding hydrogens is 350 g/mol. The van der Waals surface area contributed by atoms with E-state index in [-0.39, 0.29) is 23.3 Å². The van der Waals surface area contributed by atoms with Crippen LogP contribution in [0.3, 0.4) is 0 Å².